The van der Waals surface area contributed by atoms with Crippen LogP contribution >= 0.6 is 0 Å². The Bertz CT molecular complexity index is 1200. The van der Waals surface area contributed by atoms with Gasteiger partial charge in [-0.2, -0.15) is 13.2 Å². The minimum Gasteiger partial charge on any atom is -0.473 e. The standard InChI is InChI=1S/C26H29F3N2O.C2H2O4/c1-2-25(22-10-3-4-11-23(22)30-24(25)32)14-5-6-15-31-16-12-19(13-17-31)20-8-7-9-21(18-20)26(27,28)29;3-1(4)2(5)6/h3-4,7-12,18H,2,5-6,13-17H2,1H3,(H,30,32);(H,3,4)(H,5,6). The summed E-state index contributed by atoms with van der Waals surface area (Å²) >= 11 is 0. The minimum atomic E-state index is -4.32. The molecule has 2 aliphatic rings. The fraction of sp³-hybridized carbons (Fsp3) is 0.393. The molecule has 0 bridgehead atoms. The molecule has 204 valence electrons. The predicted octanol–water partition coefficient (Wildman–Crippen LogP) is 5.42. The molecular formula is C28H31F3N2O5. The van der Waals surface area contributed by atoms with Crippen molar-refractivity contribution >= 4 is 29.1 Å². The van der Waals surface area contributed by atoms with E-state index in [-0.39, 0.29) is 5.91 Å². The molecule has 10 heteroatoms. The second-order valence-electron chi connectivity index (χ2n) is 9.36. The molecule has 7 nitrogen and oxygen atoms in total. The van der Waals surface area contributed by atoms with E-state index in [0.717, 1.165) is 74.6 Å². The number of anilines is 1. The Morgan fingerprint density at radius 3 is 2.37 bits per heavy atom. The van der Waals surface area contributed by atoms with Crippen molar-refractivity contribution in [2.45, 2.75) is 50.6 Å². The van der Waals surface area contributed by atoms with E-state index in [1.54, 1.807) is 6.07 Å². The van der Waals surface area contributed by atoms with Crippen LogP contribution in [-0.4, -0.2) is 52.6 Å². The van der Waals surface area contributed by atoms with E-state index in [4.69, 9.17) is 19.8 Å². The van der Waals surface area contributed by atoms with Crippen LogP contribution in [0.4, 0.5) is 18.9 Å². The molecule has 1 amide bonds. The van der Waals surface area contributed by atoms with Crippen LogP contribution in [0, 0.1) is 0 Å². The van der Waals surface area contributed by atoms with Gasteiger partial charge in [0, 0.05) is 18.8 Å². The maximum Gasteiger partial charge on any atom is 0.416 e. The van der Waals surface area contributed by atoms with Crippen LogP contribution in [0.3, 0.4) is 0 Å². The summed E-state index contributed by atoms with van der Waals surface area (Å²) in [6.45, 7) is 4.58. The molecule has 2 aromatic rings. The first-order chi connectivity index (χ1) is 18.0. The van der Waals surface area contributed by atoms with Crippen molar-refractivity contribution in [2.75, 3.05) is 25.0 Å². The van der Waals surface area contributed by atoms with Crippen molar-refractivity contribution in [1.82, 2.24) is 4.90 Å². The quantitative estimate of drug-likeness (QED) is 0.325. The smallest absolute Gasteiger partial charge is 0.416 e. The molecule has 0 aromatic heterocycles. The number of hydrogen-bond donors (Lipinski definition) is 3. The van der Waals surface area contributed by atoms with Crippen molar-refractivity contribution < 1.29 is 37.8 Å². The third kappa shape index (κ3) is 6.80. The zero-order chi connectivity index (χ0) is 27.9. The number of unbranched alkanes of at least 4 members (excludes halogenated alkanes) is 1. The van der Waals surface area contributed by atoms with Crippen LogP contribution in [0.2, 0.25) is 0 Å². The summed E-state index contributed by atoms with van der Waals surface area (Å²) in [5.74, 6) is -3.54. The molecule has 0 radical (unpaired) electrons. The third-order valence-electron chi connectivity index (χ3n) is 7.09. The Morgan fingerprint density at radius 1 is 1.05 bits per heavy atom. The number of carboxylic acids is 2. The van der Waals surface area contributed by atoms with E-state index < -0.39 is 29.1 Å². The SMILES string of the molecule is CCC1(CCCCN2CC=C(c3cccc(C(F)(F)F)c3)CC2)C(=O)Nc2ccccc21.O=C(O)C(=O)O. The number of nitrogens with zero attached hydrogens (tertiary/aromatic N) is 1. The molecule has 4 rings (SSSR count). The van der Waals surface area contributed by atoms with E-state index in [1.807, 2.05) is 24.3 Å². The summed E-state index contributed by atoms with van der Waals surface area (Å²) in [7, 11) is 0. The fourth-order valence-corrected chi connectivity index (χ4v) is 4.98. The van der Waals surface area contributed by atoms with Gasteiger partial charge in [-0.15, -0.1) is 0 Å². The lowest BCUT2D eigenvalue weighted by Gasteiger charge is -2.28. The van der Waals surface area contributed by atoms with Gasteiger partial charge in [0.15, 0.2) is 0 Å². The van der Waals surface area contributed by atoms with Gasteiger partial charge < -0.3 is 15.5 Å². The van der Waals surface area contributed by atoms with E-state index in [0.29, 0.717) is 5.56 Å². The van der Waals surface area contributed by atoms with Gasteiger partial charge in [0.25, 0.3) is 0 Å². The number of carbonyl (C=O) groups is 3. The van der Waals surface area contributed by atoms with Gasteiger partial charge in [0.05, 0.1) is 11.0 Å². The van der Waals surface area contributed by atoms with E-state index >= 15 is 0 Å². The summed E-state index contributed by atoms with van der Waals surface area (Å²) in [5, 5.41) is 17.8. The van der Waals surface area contributed by atoms with Gasteiger partial charge in [-0.1, -0.05) is 49.8 Å². The number of nitrogens with one attached hydrogen (secondary N) is 1. The minimum absolute atomic E-state index is 0.104. The first kappa shape index (κ1) is 28.9. The average Bonchev–Trinajstić information content (AvgIpc) is 3.18. The number of rotatable bonds is 7. The number of aliphatic carboxylic acids is 2. The summed E-state index contributed by atoms with van der Waals surface area (Å²) in [6.07, 6.45) is 2.03. The van der Waals surface area contributed by atoms with Gasteiger partial charge in [-0.25, -0.2) is 9.59 Å². The number of benzene rings is 2. The van der Waals surface area contributed by atoms with Crippen molar-refractivity contribution in [3.05, 3.63) is 71.3 Å². The number of alkyl halides is 3. The zero-order valence-corrected chi connectivity index (χ0v) is 21.1. The Labute approximate surface area is 219 Å². The van der Waals surface area contributed by atoms with Gasteiger partial charge in [0.1, 0.15) is 0 Å². The van der Waals surface area contributed by atoms with Gasteiger partial charge >= 0.3 is 18.1 Å². The van der Waals surface area contributed by atoms with Crippen LogP contribution in [-0.2, 0) is 26.0 Å². The highest BCUT2D eigenvalue weighted by atomic mass is 19.4. The molecule has 0 saturated carbocycles. The Kier molecular flexibility index (Phi) is 9.32. The average molecular weight is 533 g/mol. The highest BCUT2D eigenvalue weighted by molar-refractivity contribution is 6.27. The normalized spacial score (nSPS) is 19.1. The molecule has 0 fully saturated rings. The zero-order valence-electron chi connectivity index (χ0n) is 21.1. The second kappa shape index (κ2) is 12.3. The van der Waals surface area contributed by atoms with Crippen LogP contribution < -0.4 is 5.32 Å². The van der Waals surface area contributed by atoms with Crippen LogP contribution in [0.5, 0.6) is 0 Å². The predicted molar refractivity (Wildman–Crippen MR) is 137 cm³/mol. The molecule has 2 aliphatic heterocycles. The Morgan fingerprint density at radius 2 is 1.76 bits per heavy atom. The highest BCUT2D eigenvalue weighted by Crippen LogP contribution is 2.43. The largest absolute Gasteiger partial charge is 0.473 e. The number of hydrogen-bond acceptors (Lipinski definition) is 4. The molecule has 38 heavy (non-hydrogen) atoms. The van der Waals surface area contributed by atoms with Gasteiger partial charge in [-0.3, -0.25) is 9.69 Å². The summed E-state index contributed by atoms with van der Waals surface area (Å²) in [4.78, 5) is 33.3. The number of para-hydroxylation sites is 1. The first-order valence-electron chi connectivity index (χ1n) is 12.4. The van der Waals surface area contributed by atoms with Crippen molar-refractivity contribution in [2.24, 2.45) is 0 Å². The maximum absolute atomic E-state index is 13.0. The van der Waals surface area contributed by atoms with Crippen molar-refractivity contribution in [3.63, 3.8) is 0 Å². The van der Waals surface area contributed by atoms with Gasteiger partial charge in [0.2, 0.25) is 5.91 Å². The molecule has 1 unspecified atom stereocenters. The summed E-state index contributed by atoms with van der Waals surface area (Å²) < 4.78 is 39.0. The Balaban J connectivity index is 0.000000599. The van der Waals surface area contributed by atoms with Crippen LogP contribution in [0.25, 0.3) is 5.57 Å². The van der Waals surface area contributed by atoms with E-state index in [9.17, 15) is 18.0 Å². The molecule has 2 aromatic carbocycles. The molecule has 0 saturated heterocycles. The third-order valence-corrected chi connectivity index (χ3v) is 7.09. The lowest BCUT2D eigenvalue weighted by molar-refractivity contribution is -0.159. The van der Waals surface area contributed by atoms with Crippen LogP contribution in [0.15, 0.2) is 54.6 Å². The van der Waals surface area contributed by atoms with E-state index in [2.05, 4.69) is 23.2 Å². The van der Waals surface area contributed by atoms with Crippen LogP contribution in [0.1, 0.15) is 55.7 Å². The summed E-state index contributed by atoms with van der Waals surface area (Å²) in [6, 6.07) is 13.6. The number of carbonyl (C=O) groups excluding carboxylic acids is 1. The molecule has 3 N–H and O–H groups in total. The topological polar surface area (TPSA) is 107 Å². The number of amides is 1. The lowest BCUT2D eigenvalue weighted by atomic mass is 9.75. The van der Waals surface area contributed by atoms with Crippen molar-refractivity contribution in [1.29, 1.82) is 0 Å². The maximum atomic E-state index is 13.0. The highest BCUT2D eigenvalue weighted by Gasteiger charge is 2.44. The molecular weight excluding hydrogens is 501 g/mol. The number of fused-ring (bicyclic) bond motifs is 1. The molecule has 0 spiro atoms. The van der Waals surface area contributed by atoms with Gasteiger partial charge in [-0.05, 0) is 67.1 Å². The fourth-order valence-electron chi connectivity index (χ4n) is 4.98. The van der Waals surface area contributed by atoms with Crippen molar-refractivity contribution in [3.8, 4) is 0 Å². The summed E-state index contributed by atoms with van der Waals surface area (Å²) in [5.41, 5.74) is 2.66. The number of halogens is 3. The van der Waals surface area contributed by atoms with E-state index in [1.165, 1.54) is 12.1 Å². The number of carboxylic acid groups (broad SMARTS) is 2. The molecule has 2 heterocycles. The second-order valence-corrected chi connectivity index (χ2v) is 9.36. The lowest BCUT2D eigenvalue weighted by Crippen LogP contribution is -2.34. The first-order valence-corrected chi connectivity index (χ1v) is 12.4. The monoisotopic (exact) mass is 532 g/mol. The Hall–Kier alpha value is -3.66. The molecule has 0 aliphatic carbocycles. The molecule has 1 atom stereocenters.